The highest BCUT2D eigenvalue weighted by molar-refractivity contribution is 5.85. The number of piperidine rings is 1. The summed E-state index contributed by atoms with van der Waals surface area (Å²) in [5.41, 5.74) is 5.22. The quantitative estimate of drug-likeness (QED) is 0.592. The number of carbonyl (C=O) groups is 2. The Hall–Kier alpha value is -1.14. The zero-order valence-electron chi connectivity index (χ0n) is 10.1. The number of nitrogens with one attached hydrogen (secondary N) is 1. The molecule has 0 radical (unpaired) electrons. The van der Waals surface area contributed by atoms with E-state index < -0.39 is 0 Å². The third-order valence-electron chi connectivity index (χ3n) is 2.64. The number of hydrogen-bond donors (Lipinski definition) is 2. The topological polar surface area (TPSA) is 84.7 Å². The van der Waals surface area contributed by atoms with Crippen molar-refractivity contribution in [1.29, 1.82) is 0 Å². The van der Waals surface area contributed by atoms with E-state index in [1.165, 1.54) is 6.42 Å². The fourth-order valence-corrected chi connectivity index (χ4v) is 1.73. The summed E-state index contributed by atoms with van der Waals surface area (Å²) in [4.78, 5) is 24.7. The second-order valence-corrected chi connectivity index (χ2v) is 4.06. The average Bonchev–Trinajstić information content (AvgIpc) is 2.37. The van der Waals surface area contributed by atoms with Crippen molar-refractivity contribution < 1.29 is 14.3 Å². The van der Waals surface area contributed by atoms with Crippen LogP contribution in [0.15, 0.2) is 0 Å². The largest absolute Gasteiger partial charge is 0.370 e. The summed E-state index contributed by atoms with van der Waals surface area (Å²) in [5.74, 6) is -0.291. The summed E-state index contributed by atoms with van der Waals surface area (Å²) in [6.07, 6.45) is 3.29. The van der Waals surface area contributed by atoms with Crippen molar-refractivity contribution in [3.63, 3.8) is 0 Å². The molecular weight excluding hydrogens is 222 g/mol. The van der Waals surface area contributed by atoms with Gasteiger partial charge in [0.05, 0.1) is 13.2 Å². The van der Waals surface area contributed by atoms with E-state index in [0.29, 0.717) is 13.2 Å². The number of nitrogens with zero attached hydrogens (tertiary/aromatic N) is 1. The van der Waals surface area contributed by atoms with E-state index >= 15 is 0 Å². The van der Waals surface area contributed by atoms with E-state index in [-0.39, 0.29) is 25.0 Å². The van der Waals surface area contributed by atoms with E-state index in [2.05, 4.69) is 5.32 Å². The molecule has 0 atom stereocenters. The van der Waals surface area contributed by atoms with Crippen LogP contribution in [0.2, 0.25) is 0 Å². The second-order valence-electron chi connectivity index (χ2n) is 4.06. The lowest BCUT2D eigenvalue weighted by atomic mass is 10.1. The standard InChI is InChI=1S/C11H21N3O3/c12-4-7-17-9-10(15)13-8-11(16)14-5-2-1-3-6-14/h1-9,12H2,(H,13,15). The molecule has 6 heteroatoms. The van der Waals surface area contributed by atoms with Gasteiger partial charge in [0.25, 0.3) is 0 Å². The molecule has 0 spiro atoms. The van der Waals surface area contributed by atoms with Crippen LogP contribution in [0, 0.1) is 0 Å². The van der Waals surface area contributed by atoms with Crippen molar-refractivity contribution in [3.05, 3.63) is 0 Å². The number of ether oxygens (including phenoxy) is 1. The molecule has 1 aliphatic rings. The van der Waals surface area contributed by atoms with Crippen molar-refractivity contribution >= 4 is 11.8 Å². The Kier molecular flexibility index (Phi) is 6.57. The van der Waals surface area contributed by atoms with Gasteiger partial charge in [0.1, 0.15) is 6.61 Å². The molecule has 98 valence electrons. The zero-order chi connectivity index (χ0) is 12.5. The molecule has 0 aromatic heterocycles. The summed E-state index contributed by atoms with van der Waals surface area (Å²) in [6.45, 7) is 2.37. The molecule has 17 heavy (non-hydrogen) atoms. The Balaban J connectivity index is 2.11. The van der Waals surface area contributed by atoms with Crippen molar-refractivity contribution in [1.82, 2.24) is 10.2 Å². The van der Waals surface area contributed by atoms with Crippen molar-refractivity contribution in [2.45, 2.75) is 19.3 Å². The van der Waals surface area contributed by atoms with E-state index in [1.54, 1.807) is 4.90 Å². The van der Waals surface area contributed by atoms with Crippen LogP contribution in [0.5, 0.6) is 0 Å². The molecular formula is C11H21N3O3. The fraction of sp³-hybridized carbons (Fsp3) is 0.818. The van der Waals surface area contributed by atoms with Gasteiger partial charge in [0.2, 0.25) is 11.8 Å². The Bertz CT molecular complexity index is 252. The second kappa shape index (κ2) is 8.03. The van der Waals surface area contributed by atoms with E-state index in [1.807, 2.05) is 0 Å². The SMILES string of the molecule is NCCOCC(=O)NCC(=O)N1CCCCC1. The van der Waals surface area contributed by atoms with Crippen LogP contribution in [0.1, 0.15) is 19.3 Å². The lowest BCUT2D eigenvalue weighted by Gasteiger charge is -2.26. The summed E-state index contributed by atoms with van der Waals surface area (Å²) in [6, 6.07) is 0. The molecule has 0 saturated carbocycles. The van der Waals surface area contributed by atoms with Gasteiger partial charge in [-0.3, -0.25) is 9.59 Å². The maximum atomic E-state index is 11.7. The van der Waals surface area contributed by atoms with Crippen LogP contribution in [0.4, 0.5) is 0 Å². The molecule has 1 aliphatic heterocycles. The normalized spacial score (nSPS) is 15.7. The molecule has 1 saturated heterocycles. The Morgan fingerprint density at radius 3 is 2.59 bits per heavy atom. The number of nitrogens with two attached hydrogens (primary N) is 1. The van der Waals surface area contributed by atoms with Crippen LogP contribution in [0.3, 0.4) is 0 Å². The highest BCUT2D eigenvalue weighted by atomic mass is 16.5. The molecule has 1 heterocycles. The van der Waals surface area contributed by atoms with Gasteiger partial charge in [-0.1, -0.05) is 0 Å². The minimum Gasteiger partial charge on any atom is -0.370 e. The van der Waals surface area contributed by atoms with E-state index in [9.17, 15) is 9.59 Å². The molecule has 0 aromatic rings. The smallest absolute Gasteiger partial charge is 0.246 e. The Morgan fingerprint density at radius 2 is 1.94 bits per heavy atom. The minimum absolute atomic E-state index is 0.0168. The maximum Gasteiger partial charge on any atom is 0.246 e. The van der Waals surface area contributed by atoms with E-state index in [0.717, 1.165) is 25.9 Å². The first-order chi connectivity index (χ1) is 8.24. The van der Waals surface area contributed by atoms with Gasteiger partial charge in [0, 0.05) is 19.6 Å². The fourth-order valence-electron chi connectivity index (χ4n) is 1.73. The minimum atomic E-state index is -0.274. The molecule has 0 aliphatic carbocycles. The number of carbonyl (C=O) groups excluding carboxylic acids is 2. The van der Waals surface area contributed by atoms with Gasteiger partial charge in [-0.2, -0.15) is 0 Å². The first kappa shape index (κ1) is 13.9. The van der Waals surface area contributed by atoms with Gasteiger partial charge < -0.3 is 20.7 Å². The van der Waals surface area contributed by atoms with Crippen LogP contribution < -0.4 is 11.1 Å². The van der Waals surface area contributed by atoms with Crippen LogP contribution in [0.25, 0.3) is 0 Å². The summed E-state index contributed by atoms with van der Waals surface area (Å²) in [7, 11) is 0. The first-order valence-corrected chi connectivity index (χ1v) is 6.06. The highest BCUT2D eigenvalue weighted by Gasteiger charge is 2.16. The van der Waals surface area contributed by atoms with Gasteiger partial charge in [-0.15, -0.1) is 0 Å². The zero-order valence-corrected chi connectivity index (χ0v) is 10.1. The van der Waals surface area contributed by atoms with Crippen LogP contribution in [-0.2, 0) is 14.3 Å². The molecule has 2 amide bonds. The number of hydrogen-bond acceptors (Lipinski definition) is 4. The van der Waals surface area contributed by atoms with E-state index in [4.69, 9.17) is 10.5 Å². The lowest BCUT2D eigenvalue weighted by Crippen LogP contribution is -2.43. The molecule has 0 unspecified atom stereocenters. The number of amides is 2. The molecule has 1 rings (SSSR count). The van der Waals surface area contributed by atoms with Crippen molar-refractivity contribution in [2.24, 2.45) is 5.73 Å². The summed E-state index contributed by atoms with van der Waals surface area (Å²) >= 11 is 0. The average molecular weight is 243 g/mol. The summed E-state index contributed by atoms with van der Waals surface area (Å²) in [5, 5.41) is 2.54. The molecule has 1 fully saturated rings. The van der Waals surface area contributed by atoms with Crippen LogP contribution in [-0.4, -0.2) is 56.1 Å². The molecule has 0 bridgehead atoms. The predicted molar refractivity (Wildman–Crippen MR) is 63.3 cm³/mol. The lowest BCUT2D eigenvalue weighted by molar-refractivity contribution is -0.134. The monoisotopic (exact) mass is 243 g/mol. The highest BCUT2D eigenvalue weighted by Crippen LogP contribution is 2.07. The van der Waals surface area contributed by atoms with Crippen molar-refractivity contribution in [3.8, 4) is 0 Å². The third kappa shape index (κ3) is 5.65. The Labute approximate surface area is 101 Å². The van der Waals surface area contributed by atoms with Gasteiger partial charge >= 0.3 is 0 Å². The number of rotatable bonds is 6. The van der Waals surface area contributed by atoms with Gasteiger partial charge in [0.15, 0.2) is 0 Å². The first-order valence-electron chi connectivity index (χ1n) is 6.06. The molecule has 6 nitrogen and oxygen atoms in total. The predicted octanol–water partition coefficient (Wildman–Crippen LogP) is -0.910. The van der Waals surface area contributed by atoms with Crippen LogP contribution >= 0.6 is 0 Å². The van der Waals surface area contributed by atoms with Gasteiger partial charge in [-0.25, -0.2) is 0 Å². The molecule has 3 N–H and O–H groups in total. The number of likely N-dealkylation sites (tertiary alicyclic amines) is 1. The third-order valence-corrected chi connectivity index (χ3v) is 2.64. The summed E-state index contributed by atoms with van der Waals surface area (Å²) < 4.78 is 4.96. The van der Waals surface area contributed by atoms with Gasteiger partial charge in [-0.05, 0) is 19.3 Å². The maximum absolute atomic E-state index is 11.7. The van der Waals surface area contributed by atoms with Crippen molar-refractivity contribution in [2.75, 3.05) is 39.4 Å². The molecule has 0 aromatic carbocycles. The Morgan fingerprint density at radius 1 is 1.24 bits per heavy atom.